The summed E-state index contributed by atoms with van der Waals surface area (Å²) >= 11 is 0. The lowest BCUT2D eigenvalue weighted by Gasteiger charge is -2.08. The van der Waals surface area contributed by atoms with Crippen LogP contribution in [0.25, 0.3) is 0 Å². The molecule has 0 unspecified atom stereocenters. The lowest BCUT2D eigenvalue weighted by Crippen LogP contribution is -2.06. The van der Waals surface area contributed by atoms with Crippen LogP contribution in [0.15, 0.2) is 17.1 Å². The molecule has 0 aromatic heterocycles. The number of carbonyl (C=O) groups excluding carboxylic acids is 1. The third-order valence-electron chi connectivity index (χ3n) is 1.92. The van der Waals surface area contributed by atoms with E-state index in [9.17, 15) is 9.90 Å². The summed E-state index contributed by atoms with van der Waals surface area (Å²) < 4.78 is 4.69. The molecule has 1 aromatic carbocycles. The molecule has 0 aliphatic heterocycles. The smallest absolute Gasteiger partial charge is 0.221 e. The first-order chi connectivity index (χ1) is 7.54. The average Bonchev–Trinajstić information content (AvgIpc) is 2.20. The van der Waals surface area contributed by atoms with Crippen LogP contribution < -0.4 is 5.32 Å². The van der Waals surface area contributed by atoms with Crippen molar-refractivity contribution < 1.29 is 14.6 Å². The van der Waals surface area contributed by atoms with Crippen molar-refractivity contribution in [1.82, 2.24) is 0 Å². The molecule has 0 aliphatic rings. The van der Waals surface area contributed by atoms with Gasteiger partial charge in [0, 0.05) is 13.0 Å². The maximum absolute atomic E-state index is 10.9. The Balaban J connectivity index is 3.06. The number of hydrogen-bond acceptors (Lipinski definition) is 4. The summed E-state index contributed by atoms with van der Waals surface area (Å²) in [5.74, 6) is -0.258. The Bertz CT molecular complexity index is 427. The van der Waals surface area contributed by atoms with Gasteiger partial charge in [0.25, 0.3) is 0 Å². The van der Waals surface area contributed by atoms with Gasteiger partial charge in [-0.25, -0.2) is 4.99 Å². The normalized spacial score (nSPS) is 10.4. The number of benzene rings is 1. The van der Waals surface area contributed by atoms with Gasteiger partial charge in [-0.05, 0) is 18.6 Å². The van der Waals surface area contributed by atoms with Crippen LogP contribution in [-0.4, -0.2) is 24.5 Å². The van der Waals surface area contributed by atoms with Gasteiger partial charge >= 0.3 is 0 Å². The maximum atomic E-state index is 10.9. The van der Waals surface area contributed by atoms with Gasteiger partial charge in [0.1, 0.15) is 5.75 Å². The van der Waals surface area contributed by atoms with Crippen molar-refractivity contribution in [3.05, 3.63) is 17.7 Å². The Morgan fingerprint density at radius 1 is 1.56 bits per heavy atom. The summed E-state index contributed by atoms with van der Waals surface area (Å²) in [4.78, 5) is 14.8. The highest BCUT2D eigenvalue weighted by Crippen LogP contribution is 2.31. The SMILES string of the molecule is COC=Nc1cc(O)c(NC(C)=O)cc1C. The van der Waals surface area contributed by atoms with E-state index >= 15 is 0 Å². The molecular formula is C11H14N2O3. The number of carbonyl (C=O) groups is 1. The summed E-state index contributed by atoms with van der Waals surface area (Å²) in [6.45, 7) is 3.21. The first-order valence-corrected chi connectivity index (χ1v) is 4.71. The van der Waals surface area contributed by atoms with Crippen molar-refractivity contribution >= 4 is 23.7 Å². The molecule has 0 saturated heterocycles. The Morgan fingerprint density at radius 3 is 2.81 bits per heavy atom. The molecule has 0 saturated carbocycles. The van der Waals surface area contributed by atoms with Crippen LogP contribution in [-0.2, 0) is 9.53 Å². The number of methoxy groups -OCH3 is 1. The predicted molar refractivity (Wildman–Crippen MR) is 62.3 cm³/mol. The van der Waals surface area contributed by atoms with E-state index in [2.05, 4.69) is 10.3 Å². The molecule has 0 bridgehead atoms. The quantitative estimate of drug-likeness (QED) is 0.466. The number of aliphatic imine (C=N–C) groups is 1. The molecule has 86 valence electrons. The van der Waals surface area contributed by atoms with Crippen molar-refractivity contribution in [3.63, 3.8) is 0 Å². The minimum Gasteiger partial charge on any atom is -0.506 e. The molecule has 0 heterocycles. The van der Waals surface area contributed by atoms with Crippen LogP contribution in [0.2, 0.25) is 0 Å². The summed E-state index contributed by atoms with van der Waals surface area (Å²) in [5.41, 5.74) is 1.80. The van der Waals surface area contributed by atoms with Gasteiger partial charge in [-0.15, -0.1) is 0 Å². The van der Waals surface area contributed by atoms with Gasteiger partial charge in [0.2, 0.25) is 5.91 Å². The molecule has 5 heteroatoms. The van der Waals surface area contributed by atoms with Crippen molar-refractivity contribution in [1.29, 1.82) is 0 Å². The number of aryl methyl sites for hydroxylation is 1. The third-order valence-corrected chi connectivity index (χ3v) is 1.92. The van der Waals surface area contributed by atoms with Crippen molar-refractivity contribution in [2.24, 2.45) is 4.99 Å². The van der Waals surface area contributed by atoms with E-state index in [-0.39, 0.29) is 11.7 Å². The number of nitrogens with zero attached hydrogens (tertiary/aromatic N) is 1. The fourth-order valence-electron chi connectivity index (χ4n) is 1.22. The second kappa shape index (κ2) is 5.16. The van der Waals surface area contributed by atoms with E-state index in [1.54, 1.807) is 6.07 Å². The number of rotatable bonds is 3. The summed E-state index contributed by atoms with van der Waals surface area (Å²) in [6.07, 6.45) is 1.28. The topological polar surface area (TPSA) is 70.9 Å². The number of phenolic OH excluding ortho intramolecular Hbond substituents is 1. The van der Waals surface area contributed by atoms with Crippen LogP contribution in [0.3, 0.4) is 0 Å². The minimum absolute atomic E-state index is 0.0240. The van der Waals surface area contributed by atoms with E-state index in [1.165, 1.54) is 26.5 Å². The third kappa shape index (κ3) is 2.98. The first-order valence-electron chi connectivity index (χ1n) is 4.71. The number of amides is 1. The van der Waals surface area contributed by atoms with Crippen molar-refractivity contribution in [2.75, 3.05) is 12.4 Å². The average molecular weight is 222 g/mol. The fraction of sp³-hybridized carbons (Fsp3) is 0.273. The van der Waals surface area contributed by atoms with E-state index in [1.807, 2.05) is 6.92 Å². The van der Waals surface area contributed by atoms with E-state index in [0.717, 1.165) is 5.56 Å². The van der Waals surface area contributed by atoms with Crippen LogP contribution in [0.1, 0.15) is 12.5 Å². The molecule has 0 spiro atoms. The van der Waals surface area contributed by atoms with Gasteiger partial charge < -0.3 is 15.2 Å². The van der Waals surface area contributed by atoms with Crippen LogP contribution in [0, 0.1) is 6.92 Å². The molecule has 5 nitrogen and oxygen atoms in total. The zero-order valence-electron chi connectivity index (χ0n) is 9.44. The number of anilines is 1. The highest BCUT2D eigenvalue weighted by molar-refractivity contribution is 5.91. The summed E-state index contributed by atoms with van der Waals surface area (Å²) in [5, 5.41) is 12.2. The van der Waals surface area contributed by atoms with Crippen LogP contribution in [0.4, 0.5) is 11.4 Å². The Kier molecular flexibility index (Phi) is 3.88. The van der Waals surface area contributed by atoms with Gasteiger partial charge in [0.05, 0.1) is 18.5 Å². The second-order valence-corrected chi connectivity index (χ2v) is 3.31. The standard InChI is InChI=1S/C11H14N2O3/c1-7-4-10(13-8(2)14)11(15)5-9(7)12-6-16-3/h4-6,15H,1-3H3,(H,13,14). The summed E-state index contributed by atoms with van der Waals surface area (Å²) in [6, 6.07) is 3.12. The van der Waals surface area contributed by atoms with E-state index in [4.69, 9.17) is 4.74 Å². The largest absolute Gasteiger partial charge is 0.506 e. The highest BCUT2D eigenvalue weighted by atomic mass is 16.5. The molecular weight excluding hydrogens is 208 g/mol. The lowest BCUT2D eigenvalue weighted by molar-refractivity contribution is -0.114. The van der Waals surface area contributed by atoms with Crippen molar-refractivity contribution in [3.8, 4) is 5.75 Å². The van der Waals surface area contributed by atoms with Gasteiger partial charge in [-0.3, -0.25) is 4.79 Å². The lowest BCUT2D eigenvalue weighted by atomic mass is 10.1. The zero-order valence-corrected chi connectivity index (χ0v) is 9.44. The zero-order chi connectivity index (χ0) is 12.1. The number of ether oxygens (including phenoxy) is 1. The summed E-state index contributed by atoms with van der Waals surface area (Å²) in [7, 11) is 1.49. The Hall–Kier alpha value is -2.04. The fourth-order valence-corrected chi connectivity index (χ4v) is 1.22. The molecule has 0 atom stereocenters. The maximum Gasteiger partial charge on any atom is 0.221 e. The van der Waals surface area contributed by atoms with Gasteiger partial charge in [-0.1, -0.05) is 0 Å². The Morgan fingerprint density at radius 2 is 2.25 bits per heavy atom. The number of aromatic hydroxyl groups is 1. The Labute approximate surface area is 93.8 Å². The molecule has 1 aromatic rings. The number of nitrogens with one attached hydrogen (secondary N) is 1. The predicted octanol–water partition coefficient (Wildman–Crippen LogP) is 1.97. The molecule has 2 N–H and O–H groups in total. The monoisotopic (exact) mass is 222 g/mol. The van der Waals surface area contributed by atoms with Crippen molar-refractivity contribution in [2.45, 2.75) is 13.8 Å². The van der Waals surface area contributed by atoms with E-state index < -0.39 is 0 Å². The minimum atomic E-state index is -0.233. The first kappa shape index (κ1) is 12.0. The second-order valence-electron chi connectivity index (χ2n) is 3.31. The molecule has 16 heavy (non-hydrogen) atoms. The number of hydrogen-bond donors (Lipinski definition) is 2. The highest BCUT2D eigenvalue weighted by Gasteiger charge is 2.06. The van der Waals surface area contributed by atoms with E-state index in [0.29, 0.717) is 11.4 Å². The molecule has 1 amide bonds. The van der Waals surface area contributed by atoms with Crippen LogP contribution in [0.5, 0.6) is 5.75 Å². The molecule has 0 aliphatic carbocycles. The molecule has 1 rings (SSSR count). The number of phenols is 1. The van der Waals surface area contributed by atoms with Gasteiger partial charge in [-0.2, -0.15) is 0 Å². The molecule has 0 radical (unpaired) electrons. The molecule has 0 fully saturated rings. The van der Waals surface area contributed by atoms with Gasteiger partial charge in [0.15, 0.2) is 6.40 Å². The van der Waals surface area contributed by atoms with Crippen LogP contribution >= 0.6 is 0 Å².